The summed E-state index contributed by atoms with van der Waals surface area (Å²) in [5.74, 6) is 0.243. The number of ketones is 1. The summed E-state index contributed by atoms with van der Waals surface area (Å²) in [6.07, 6.45) is 1.02. The third-order valence-electron chi connectivity index (χ3n) is 3.55. The Labute approximate surface area is 116 Å². The Morgan fingerprint density at radius 1 is 0.900 bits per heavy atom. The van der Waals surface area contributed by atoms with Gasteiger partial charge >= 0.3 is 0 Å². The molecule has 0 unspecified atom stereocenters. The van der Waals surface area contributed by atoms with Gasteiger partial charge in [0.25, 0.3) is 0 Å². The van der Waals surface area contributed by atoms with Crippen LogP contribution in [0.15, 0.2) is 48.5 Å². The Kier molecular flexibility index (Phi) is 3.03. The molecule has 0 amide bonds. The first-order valence-electron chi connectivity index (χ1n) is 6.51. The predicted octanol–water partition coefficient (Wildman–Crippen LogP) is 3.37. The molecule has 0 bridgehead atoms. The van der Waals surface area contributed by atoms with Gasteiger partial charge in [-0.3, -0.25) is 4.79 Å². The minimum absolute atomic E-state index is 0.0777. The van der Waals surface area contributed by atoms with Crippen LogP contribution < -0.4 is 0 Å². The van der Waals surface area contributed by atoms with E-state index in [1.54, 1.807) is 0 Å². The van der Waals surface area contributed by atoms with Gasteiger partial charge in [-0.1, -0.05) is 30.3 Å². The zero-order chi connectivity index (χ0) is 14.1. The number of phenols is 2. The smallest absolute Gasteiger partial charge is 0.164 e. The minimum atomic E-state index is 0.0777. The van der Waals surface area contributed by atoms with E-state index >= 15 is 0 Å². The molecule has 2 aromatic carbocycles. The highest BCUT2D eigenvalue weighted by atomic mass is 16.3. The van der Waals surface area contributed by atoms with E-state index < -0.39 is 0 Å². The second kappa shape index (κ2) is 4.85. The molecule has 0 atom stereocenters. The number of benzene rings is 2. The molecule has 0 spiro atoms. The van der Waals surface area contributed by atoms with Crippen molar-refractivity contribution in [1.82, 2.24) is 0 Å². The lowest BCUT2D eigenvalue weighted by atomic mass is 9.96. The number of carbonyl (C=O) groups excluding carboxylic acids is 1. The summed E-state index contributed by atoms with van der Waals surface area (Å²) in [6.45, 7) is 0. The fraction of sp³-hybridized carbons (Fsp3) is 0.118. The van der Waals surface area contributed by atoms with Crippen LogP contribution in [-0.2, 0) is 4.79 Å². The largest absolute Gasteiger partial charge is 0.508 e. The monoisotopic (exact) mass is 266 g/mol. The maximum Gasteiger partial charge on any atom is 0.164 e. The van der Waals surface area contributed by atoms with E-state index in [0.29, 0.717) is 24.0 Å². The first-order chi connectivity index (χ1) is 9.66. The maximum atomic E-state index is 12.2. The fourth-order valence-electron chi connectivity index (χ4n) is 2.63. The highest BCUT2D eigenvalue weighted by Crippen LogP contribution is 2.41. The summed E-state index contributed by atoms with van der Waals surface area (Å²) in [6, 6.07) is 13.8. The topological polar surface area (TPSA) is 57.5 Å². The lowest BCUT2D eigenvalue weighted by Crippen LogP contribution is -1.95. The van der Waals surface area contributed by atoms with E-state index in [1.807, 2.05) is 30.3 Å². The molecule has 3 nitrogen and oxygen atoms in total. The third-order valence-corrected chi connectivity index (χ3v) is 3.55. The standard InChI is InChI=1S/C17H14O3/c18-12-6-8-15(19)14(10-12)13-7-9-16(20)17(13)11-4-2-1-3-5-11/h1-6,8,10,18-19H,7,9H2. The van der Waals surface area contributed by atoms with Crippen LogP contribution in [0.4, 0.5) is 0 Å². The lowest BCUT2D eigenvalue weighted by Gasteiger charge is -2.09. The molecular weight excluding hydrogens is 252 g/mol. The normalized spacial score (nSPS) is 14.9. The number of carbonyl (C=O) groups is 1. The van der Waals surface area contributed by atoms with Crippen LogP contribution in [0.3, 0.4) is 0 Å². The minimum Gasteiger partial charge on any atom is -0.508 e. The lowest BCUT2D eigenvalue weighted by molar-refractivity contribution is -0.113. The number of hydrogen-bond donors (Lipinski definition) is 2. The zero-order valence-electron chi connectivity index (χ0n) is 10.8. The quantitative estimate of drug-likeness (QED) is 0.819. The van der Waals surface area contributed by atoms with E-state index in [2.05, 4.69) is 0 Å². The molecule has 100 valence electrons. The Hall–Kier alpha value is -2.55. The number of phenolic OH excluding ortho intramolecular Hbond substituents is 2. The molecule has 20 heavy (non-hydrogen) atoms. The van der Waals surface area contributed by atoms with E-state index in [9.17, 15) is 15.0 Å². The van der Waals surface area contributed by atoms with Gasteiger partial charge in [-0.25, -0.2) is 0 Å². The van der Waals surface area contributed by atoms with Crippen LogP contribution in [0.5, 0.6) is 11.5 Å². The van der Waals surface area contributed by atoms with E-state index in [-0.39, 0.29) is 17.3 Å². The van der Waals surface area contributed by atoms with Crippen molar-refractivity contribution in [2.45, 2.75) is 12.8 Å². The first-order valence-corrected chi connectivity index (χ1v) is 6.51. The van der Waals surface area contributed by atoms with Crippen LogP contribution in [0.25, 0.3) is 11.1 Å². The van der Waals surface area contributed by atoms with E-state index in [4.69, 9.17) is 0 Å². The van der Waals surface area contributed by atoms with Gasteiger partial charge in [0.15, 0.2) is 5.78 Å². The first kappa shape index (κ1) is 12.5. The Morgan fingerprint density at radius 3 is 2.40 bits per heavy atom. The van der Waals surface area contributed by atoms with Crippen LogP contribution in [0.2, 0.25) is 0 Å². The average molecular weight is 266 g/mol. The van der Waals surface area contributed by atoms with Gasteiger partial charge in [-0.05, 0) is 35.8 Å². The van der Waals surface area contributed by atoms with Gasteiger partial charge in [-0.2, -0.15) is 0 Å². The third kappa shape index (κ3) is 2.07. The van der Waals surface area contributed by atoms with Crippen molar-refractivity contribution >= 4 is 16.9 Å². The number of hydrogen-bond acceptors (Lipinski definition) is 3. The summed E-state index contributed by atoms with van der Waals surface area (Å²) in [5, 5.41) is 19.6. The van der Waals surface area contributed by atoms with Gasteiger partial charge in [0.05, 0.1) is 0 Å². The average Bonchev–Trinajstić information content (AvgIpc) is 2.84. The number of rotatable bonds is 2. The van der Waals surface area contributed by atoms with Crippen molar-refractivity contribution in [2.24, 2.45) is 0 Å². The molecule has 0 aliphatic heterocycles. The summed E-state index contributed by atoms with van der Waals surface area (Å²) < 4.78 is 0. The van der Waals surface area contributed by atoms with Gasteiger partial charge in [0, 0.05) is 17.6 Å². The van der Waals surface area contributed by atoms with Crippen molar-refractivity contribution in [3.8, 4) is 11.5 Å². The van der Waals surface area contributed by atoms with Crippen molar-refractivity contribution < 1.29 is 15.0 Å². The summed E-state index contributed by atoms with van der Waals surface area (Å²) >= 11 is 0. The molecular formula is C17H14O3. The van der Waals surface area contributed by atoms with E-state index in [1.165, 1.54) is 18.2 Å². The van der Waals surface area contributed by atoms with Gasteiger partial charge < -0.3 is 10.2 Å². The molecule has 0 heterocycles. The van der Waals surface area contributed by atoms with Crippen molar-refractivity contribution in [3.63, 3.8) is 0 Å². The highest BCUT2D eigenvalue weighted by Gasteiger charge is 2.26. The molecule has 2 N–H and O–H groups in total. The molecule has 1 aliphatic carbocycles. The van der Waals surface area contributed by atoms with Crippen LogP contribution in [-0.4, -0.2) is 16.0 Å². The molecule has 0 saturated carbocycles. The fourth-order valence-corrected chi connectivity index (χ4v) is 2.63. The van der Waals surface area contributed by atoms with Gasteiger partial charge in [-0.15, -0.1) is 0 Å². The van der Waals surface area contributed by atoms with Crippen LogP contribution in [0, 0.1) is 0 Å². The number of aromatic hydroxyl groups is 2. The molecule has 0 aromatic heterocycles. The van der Waals surface area contributed by atoms with Gasteiger partial charge in [0.2, 0.25) is 0 Å². The maximum absolute atomic E-state index is 12.2. The molecule has 0 fully saturated rings. The predicted molar refractivity (Wildman–Crippen MR) is 77.3 cm³/mol. The van der Waals surface area contributed by atoms with E-state index in [0.717, 1.165) is 11.1 Å². The number of Topliss-reactive ketones (excluding diaryl/α,β-unsaturated/α-hetero) is 1. The van der Waals surface area contributed by atoms with Crippen LogP contribution in [0.1, 0.15) is 24.0 Å². The van der Waals surface area contributed by atoms with Crippen molar-refractivity contribution in [3.05, 3.63) is 59.7 Å². The molecule has 0 radical (unpaired) electrons. The Balaban J connectivity index is 2.21. The molecule has 2 aromatic rings. The number of allylic oxidation sites excluding steroid dienone is 2. The van der Waals surface area contributed by atoms with Crippen molar-refractivity contribution in [1.29, 1.82) is 0 Å². The SMILES string of the molecule is O=C1CCC(c2cc(O)ccc2O)=C1c1ccccc1. The van der Waals surface area contributed by atoms with Crippen LogP contribution >= 0.6 is 0 Å². The van der Waals surface area contributed by atoms with Crippen molar-refractivity contribution in [2.75, 3.05) is 0 Å². The molecule has 1 aliphatic rings. The highest BCUT2D eigenvalue weighted by molar-refractivity contribution is 6.31. The summed E-state index contributed by atoms with van der Waals surface area (Å²) in [4.78, 5) is 12.2. The summed E-state index contributed by atoms with van der Waals surface area (Å²) in [5.41, 5.74) is 2.84. The summed E-state index contributed by atoms with van der Waals surface area (Å²) in [7, 11) is 0. The van der Waals surface area contributed by atoms with Gasteiger partial charge in [0.1, 0.15) is 11.5 Å². The Morgan fingerprint density at radius 2 is 1.65 bits per heavy atom. The molecule has 3 rings (SSSR count). The second-order valence-corrected chi connectivity index (χ2v) is 4.84. The Bertz CT molecular complexity index is 699. The second-order valence-electron chi connectivity index (χ2n) is 4.84. The zero-order valence-corrected chi connectivity index (χ0v) is 10.8. The molecule has 0 saturated heterocycles. The molecule has 3 heteroatoms.